The number of nitrogens with zero attached hydrogens (tertiary/aromatic N) is 1. The molecule has 0 saturated heterocycles. The Labute approximate surface area is 189 Å². The summed E-state index contributed by atoms with van der Waals surface area (Å²) in [7, 11) is -0.602. The van der Waals surface area contributed by atoms with Gasteiger partial charge in [-0.25, -0.2) is 0 Å². The van der Waals surface area contributed by atoms with Crippen LogP contribution in [0.25, 0.3) is 0 Å². The molecule has 0 bridgehead atoms. The van der Waals surface area contributed by atoms with Crippen molar-refractivity contribution in [3.8, 4) is 0 Å². The summed E-state index contributed by atoms with van der Waals surface area (Å²) >= 11 is 0. The Balaban J connectivity index is 1.97. The second-order valence-corrected chi connectivity index (χ2v) is 9.75. The van der Waals surface area contributed by atoms with Crippen molar-refractivity contribution in [3.05, 3.63) is 104 Å². The molecule has 1 atom stereocenters. The lowest BCUT2D eigenvalue weighted by Gasteiger charge is -2.24. The number of rotatable bonds is 11. The average molecular weight is 430 g/mol. The summed E-state index contributed by atoms with van der Waals surface area (Å²) in [5, 5.41) is 4.13. The first-order valence-electron chi connectivity index (χ1n) is 11.1. The van der Waals surface area contributed by atoms with E-state index < -0.39 is 7.92 Å². The van der Waals surface area contributed by atoms with Crippen LogP contribution in [0.2, 0.25) is 0 Å². The van der Waals surface area contributed by atoms with Crippen molar-refractivity contribution in [2.75, 3.05) is 31.1 Å². The standard InChI is InChI=1S/C28H33N2P/c1-5-22-30(23-6-2)25-16-20-28(21-17-25)31(26-12-10-9-11-13-26)27-18-14-24(15-19-27)29(7-3)8-4/h5-6,9-21H,1-2,7-8,22-23H2,3-4H3/p+1. The largest absolute Gasteiger partial charge is 0.364 e. The van der Waals surface area contributed by atoms with E-state index in [2.05, 4.69) is 111 Å². The molecule has 0 spiro atoms. The molecule has 2 nitrogen and oxygen atoms in total. The molecule has 0 saturated carbocycles. The van der Waals surface area contributed by atoms with Crippen molar-refractivity contribution in [1.29, 1.82) is 0 Å². The summed E-state index contributed by atoms with van der Waals surface area (Å²) in [6.07, 6.45) is 3.88. The zero-order valence-corrected chi connectivity index (χ0v) is 19.7. The fraction of sp³-hybridized carbons (Fsp3) is 0.214. The van der Waals surface area contributed by atoms with Gasteiger partial charge in [-0.05, 0) is 74.1 Å². The van der Waals surface area contributed by atoms with Crippen molar-refractivity contribution in [2.45, 2.75) is 13.8 Å². The van der Waals surface area contributed by atoms with Gasteiger partial charge < -0.3 is 9.80 Å². The summed E-state index contributed by atoms with van der Waals surface area (Å²) in [6, 6.07) is 29.2. The van der Waals surface area contributed by atoms with Crippen molar-refractivity contribution >= 4 is 35.2 Å². The second kappa shape index (κ2) is 11.6. The first-order chi connectivity index (χ1) is 15.2. The predicted molar refractivity (Wildman–Crippen MR) is 139 cm³/mol. The van der Waals surface area contributed by atoms with Gasteiger partial charge in [0.05, 0.1) is 13.1 Å². The molecule has 31 heavy (non-hydrogen) atoms. The molecule has 0 aliphatic carbocycles. The minimum atomic E-state index is -0.602. The summed E-state index contributed by atoms with van der Waals surface area (Å²) in [5.41, 5.74) is 2.57. The zero-order valence-electron chi connectivity index (χ0n) is 18.8. The third kappa shape index (κ3) is 5.73. The van der Waals surface area contributed by atoms with E-state index in [0.717, 1.165) is 26.2 Å². The predicted octanol–water partition coefficient (Wildman–Crippen LogP) is 4.18. The molecule has 0 aliphatic heterocycles. The summed E-state index contributed by atoms with van der Waals surface area (Å²) in [5.74, 6) is 0. The Hall–Kier alpha value is -2.67. The Morgan fingerprint density at radius 3 is 1.68 bits per heavy atom. The van der Waals surface area contributed by atoms with E-state index in [1.165, 1.54) is 32.2 Å². The van der Waals surface area contributed by atoms with Crippen LogP contribution in [-0.2, 0) is 0 Å². The molecule has 3 rings (SSSR count). The number of hydrogen-bond donors (Lipinski definition) is 1. The normalized spacial score (nSPS) is 11.8. The van der Waals surface area contributed by atoms with E-state index in [-0.39, 0.29) is 0 Å². The first-order valence-corrected chi connectivity index (χ1v) is 12.4. The topological polar surface area (TPSA) is 7.68 Å². The second-order valence-electron chi connectivity index (χ2n) is 7.53. The Morgan fingerprint density at radius 1 is 0.710 bits per heavy atom. The summed E-state index contributed by atoms with van der Waals surface area (Å²) < 4.78 is 0. The van der Waals surface area contributed by atoms with Gasteiger partial charge in [0.1, 0.15) is 5.69 Å². The van der Waals surface area contributed by atoms with Crippen LogP contribution in [0.3, 0.4) is 0 Å². The van der Waals surface area contributed by atoms with Crippen molar-refractivity contribution in [2.24, 2.45) is 0 Å². The zero-order chi connectivity index (χ0) is 22.1. The van der Waals surface area contributed by atoms with E-state index in [1.54, 1.807) is 0 Å². The molecule has 1 unspecified atom stereocenters. The molecule has 0 aromatic heterocycles. The molecular formula is C28H34N2P+. The lowest BCUT2D eigenvalue weighted by molar-refractivity contribution is -0.828. The van der Waals surface area contributed by atoms with Gasteiger partial charge in [-0.3, -0.25) is 0 Å². The lowest BCUT2D eigenvalue weighted by atomic mass is 10.3. The van der Waals surface area contributed by atoms with Gasteiger partial charge in [0, 0.05) is 18.8 Å². The molecule has 3 aromatic carbocycles. The molecule has 1 N–H and O–H groups in total. The maximum Gasteiger partial charge on any atom is 0.131 e. The van der Waals surface area contributed by atoms with Gasteiger partial charge in [-0.15, -0.1) is 13.2 Å². The van der Waals surface area contributed by atoms with E-state index in [4.69, 9.17) is 0 Å². The third-order valence-corrected chi connectivity index (χ3v) is 8.02. The highest BCUT2D eigenvalue weighted by Crippen LogP contribution is 2.33. The molecule has 0 aliphatic rings. The van der Waals surface area contributed by atoms with Gasteiger partial charge in [-0.2, -0.15) is 0 Å². The third-order valence-electron chi connectivity index (χ3n) is 5.57. The van der Waals surface area contributed by atoms with Gasteiger partial charge in [0.15, 0.2) is 0 Å². The van der Waals surface area contributed by atoms with E-state index in [0.29, 0.717) is 0 Å². The molecule has 3 heteroatoms. The average Bonchev–Trinajstić information content (AvgIpc) is 2.82. The molecule has 0 radical (unpaired) electrons. The molecule has 0 fully saturated rings. The van der Waals surface area contributed by atoms with Gasteiger partial charge in [-0.1, -0.05) is 54.6 Å². The Morgan fingerprint density at radius 2 is 1.19 bits per heavy atom. The van der Waals surface area contributed by atoms with E-state index in [9.17, 15) is 0 Å². The van der Waals surface area contributed by atoms with Crippen LogP contribution in [-0.4, -0.2) is 26.2 Å². The van der Waals surface area contributed by atoms with Crippen LogP contribution >= 0.6 is 7.92 Å². The van der Waals surface area contributed by atoms with Crippen LogP contribution in [0.15, 0.2) is 104 Å². The Bertz CT molecular complexity index is 935. The van der Waals surface area contributed by atoms with Crippen molar-refractivity contribution in [1.82, 2.24) is 0 Å². The van der Waals surface area contributed by atoms with Crippen molar-refractivity contribution < 1.29 is 4.90 Å². The van der Waals surface area contributed by atoms with Crippen LogP contribution in [0, 0.1) is 0 Å². The van der Waals surface area contributed by atoms with Crippen molar-refractivity contribution in [3.63, 3.8) is 0 Å². The van der Waals surface area contributed by atoms with E-state index >= 15 is 0 Å². The molecule has 0 heterocycles. The number of nitrogens with one attached hydrogen (secondary N) is 1. The molecule has 160 valence electrons. The lowest BCUT2D eigenvalue weighted by Crippen LogP contribution is -3.06. The number of quaternary nitrogens is 1. The minimum Gasteiger partial charge on any atom is -0.364 e. The molecule has 3 aromatic rings. The quantitative estimate of drug-likeness (QED) is 0.355. The Kier molecular flexibility index (Phi) is 8.64. The maximum absolute atomic E-state index is 3.89. The van der Waals surface area contributed by atoms with Gasteiger partial charge >= 0.3 is 0 Å². The molecule has 0 amide bonds. The van der Waals surface area contributed by atoms with Crippen LogP contribution < -0.4 is 25.7 Å². The number of anilines is 1. The number of hydrogen-bond acceptors (Lipinski definition) is 1. The monoisotopic (exact) mass is 429 g/mol. The van der Waals surface area contributed by atoms with Gasteiger partial charge in [0.25, 0.3) is 0 Å². The highest BCUT2D eigenvalue weighted by molar-refractivity contribution is 7.79. The first kappa shape index (κ1) is 23.0. The SMILES string of the molecule is C=CCN(CC=C)c1ccc(P(c2ccccc2)c2ccc([NH+](CC)CC)cc2)cc1. The summed E-state index contributed by atoms with van der Waals surface area (Å²) in [4.78, 5) is 3.79. The maximum atomic E-state index is 3.89. The van der Waals surface area contributed by atoms with Crippen LogP contribution in [0.4, 0.5) is 11.4 Å². The smallest absolute Gasteiger partial charge is 0.131 e. The fourth-order valence-corrected chi connectivity index (χ4v) is 6.20. The number of benzene rings is 3. The minimum absolute atomic E-state index is 0.602. The van der Waals surface area contributed by atoms with Gasteiger partial charge in [0.2, 0.25) is 0 Å². The fourth-order valence-electron chi connectivity index (χ4n) is 3.94. The van der Waals surface area contributed by atoms with Crippen LogP contribution in [0.5, 0.6) is 0 Å². The summed E-state index contributed by atoms with van der Waals surface area (Å²) in [6.45, 7) is 16.1. The highest BCUT2D eigenvalue weighted by atomic mass is 31.1. The van der Waals surface area contributed by atoms with Crippen LogP contribution in [0.1, 0.15) is 13.8 Å². The van der Waals surface area contributed by atoms with E-state index in [1.807, 2.05) is 12.2 Å². The molecular weight excluding hydrogens is 395 g/mol. The highest BCUT2D eigenvalue weighted by Gasteiger charge is 2.18.